The molecule has 0 aliphatic rings. The van der Waals surface area contributed by atoms with E-state index in [1.807, 2.05) is 14.0 Å². The Bertz CT molecular complexity index is 345. The normalized spacial score (nSPS) is 12.8. The van der Waals surface area contributed by atoms with Crippen LogP contribution < -0.4 is 10.9 Å². The first-order valence-electron chi connectivity index (χ1n) is 4.84. The topological polar surface area (TPSA) is 46.9 Å². The van der Waals surface area contributed by atoms with Crippen molar-refractivity contribution in [3.05, 3.63) is 28.4 Å². The second-order valence-electron chi connectivity index (χ2n) is 3.54. The summed E-state index contributed by atoms with van der Waals surface area (Å²) in [5.74, 6) is 0. The van der Waals surface area contributed by atoms with Gasteiger partial charge < -0.3 is 5.32 Å². The van der Waals surface area contributed by atoms with Gasteiger partial charge in [0.05, 0.1) is 6.33 Å². The van der Waals surface area contributed by atoms with Crippen LogP contribution in [0.3, 0.4) is 0 Å². The maximum Gasteiger partial charge on any atom is 0.253 e. The fraction of sp³-hybridized carbons (Fsp3) is 0.600. The summed E-state index contributed by atoms with van der Waals surface area (Å²) in [6.07, 6.45) is 2.54. The van der Waals surface area contributed by atoms with E-state index in [1.165, 1.54) is 0 Å². The molecule has 4 nitrogen and oxygen atoms in total. The van der Waals surface area contributed by atoms with Crippen molar-refractivity contribution in [3.8, 4) is 0 Å². The van der Waals surface area contributed by atoms with E-state index in [0.717, 1.165) is 12.1 Å². The van der Waals surface area contributed by atoms with Crippen LogP contribution in [0.15, 0.2) is 17.2 Å². The van der Waals surface area contributed by atoms with Crippen LogP contribution in [0, 0.1) is 6.92 Å². The molecule has 0 radical (unpaired) electrons. The molecule has 0 aliphatic carbocycles. The Labute approximate surface area is 84.0 Å². The summed E-state index contributed by atoms with van der Waals surface area (Å²) in [7, 11) is 1.92. The molecule has 0 bridgehead atoms. The first-order chi connectivity index (χ1) is 6.63. The molecule has 0 aromatic carbocycles. The van der Waals surface area contributed by atoms with Gasteiger partial charge in [-0.15, -0.1) is 0 Å². The minimum absolute atomic E-state index is 0.0285. The molecule has 0 saturated carbocycles. The highest BCUT2D eigenvalue weighted by Crippen LogP contribution is 1.93. The molecular formula is C10H17N3O. The number of nitrogens with one attached hydrogen (secondary N) is 1. The zero-order chi connectivity index (χ0) is 10.6. The Morgan fingerprint density at radius 2 is 2.36 bits per heavy atom. The molecule has 14 heavy (non-hydrogen) atoms. The number of rotatable bonds is 4. The van der Waals surface area contributed by atoms with Crippen LogP contribution in [-0.2, 0) is 6.54 Å². The van der Waals surface area contributed by atoms with Crippen molar-refractivity contribution in [1.82, 2.24) is 14.9 Å². The Morgan fingerprint density at radius 1 is 1.64 bits per heavy atom. The van der Waals surface area contributed by atoms with Gasteiger partial charge >= 0.3 is 0 Å². The summed E-state index contributed by atoms with van der Waals surface area (Å²) < 4.78 is 1.64. The van der Waals surface area contributed by atoms with Crippen LogP contribution in [0.25, 0.3) is 0 Å². The second kappa shape index (κ2) is 4.91. The van der Waals surface area contributed by atoms with E-state index in [4.69, 9.17) is 0 Å². The Kier molecular flexibility index (Phi) is 3.83. The van der Waals surface area contributed by atoms with Crippen LogP contribution in [0.2, 0.25) is 0 Å². The van der Waals surface area contributed by atoms with E-state index < -0.39 is 0 Å². The van der Waals surface area contributed by atoms with Gasteiger partial charge in [0.25, 0.3) is 5.56 Å². The van der Waals surface area contributed by atoms with E-state index in [2.05, 4.69) is 17.2 Å². The van der Waals surface area contributed by atoms with E-state index in [-0.39, 0.29) is 5.56 Å². The number of aryl methyl sites for hydroxylation is 2. The number of hydrogen-bond acceptors (Lipinski definition) is 3. The van der Waals surface area contributed by atoms with Gasteiger partial charge in [-0.1, -0.05) is 0 Å². The third kappa shape index (κ3) is 2.96. The highest BCUT2D eigenvalue weighted by molar-refractivity contribution is 4.95. The lowest BCUT2D eigenvalue weighted by molar-refractivity contribution is 0.499. The van der Waals surface area contributed by atoms with E-state index in [0.29, 0.717) is 12.6 Å². The summed E-state index contributed by atoms with van der Waals surface area (Å²) in [6.45, 7) is 4.63. The molecule has 0 aliphatic heterocycles. The van der Waals surface area contributed by atoms with Crippen molar-refractivity contribution in [2.24, 2.45) is 0 Å². The lowest BCUT2D eigenvalue weighted by Gasteiger charge is -2.10. The van der Waals surface area contributed by atoms with Crippen LogP contribution >= 0.6 is 0 Å². The smallest absolute Gasteiger partial charge is 0.253 e. The maximum absolute atomic E-state index is 11.4. The van der Waals surface area contributed by atoms with Crippen molar-refractivity contribution in [2.45, 2.75) is 32.9 Å². The van der Waals surface area contributed by atoms with Gasteiger partial charge in [-0.25, -0.2) is 4.98 Å². The zero-order valence-corrected chi connectivity index (χ0v) is 8.95. The molecule has 0 saturated heterocycles. The van der Waals surface area contributed by atoms with Crippen LogP contribution in [-0.4, -0.2) is 22.6 Å². The first kappa shape index (κ1) is 10.9. The lowest BCUT2D eigenvalue weighted by Crippen LogP contribution is -2.26. The van der Waals surface area contributed by atoms with Crippen molar-refractivity contribution in [2.75, 3.05) is 7.05 Å². The molecular weight excluding hydrogens is 178 g/mol. The Morgan fingerprint density at radius 3 is 2.93 bits per heavy atom. The van der Waals surface area contributed by atoms with Gasteiger partial charge in [-0.05, 0) is 27.3 Å². The standard InChI is InChI=1S/C10H17N3O/c1-8(11-3)4-5-13-7-12-9(2)6-10(13)14/h6-8,11H,4-5H2,1-3H3. The van der Waals surface area contributed by atoms with E-state index in [9.17, 15) is 4.79 Å². The molecule has 0 fully saturated rings. The van der Waals surface area contributed by atoms with Gasteiger partial charge in [0.15, 0.2) is 0 Å². The average molecular weight is 195 g/mol. The maximum atomic E-state index is 11.4. The summed E-state index contributed by atoms with van der Waals surface area (Å²) in [5.41, 5.74) is 0.800. The van der Waals surface area contributed by atoms with Crippen LogP contribution in [0.5, 0.6) is 0 Å². The Hall–Kier alpha value is -1.16. The summed E-state index contributed by atoms with van der Waals surface area (Å²) in [5, 5.41) is 3.13. The van der Waals surface area contributed by atoms with Crippen molar-refractivity contribution in [3.63, 3.8) is 0 Å². The minimum atomic E-state index is 0.0285. The summed E-state index contributed by atoms with van der Waals surface area (Å²) >= 11 is 0. The summed E-state index contributed by atoms with van der Waals surface area (Å²) in [4.78, 5) is 15.5. The first-order valence-corrected chi connectivity index (χ1v) is 4.84. The monoisotopic (exact) mass is 195 g/mol. The van der Waals surface area contributed by atoms with Gasteiger partial charge in [0.1, 0.15) is 0 Å². The molecule has 0 amide bonds. The van der Waals surface area contributed by atoms with Crippen LogP contribution in [0.1, 0.15) is 19.0 Å². The Balaban J connectivity index is 2.64. The van der Waals surface area contributed by atoms with Gasteiger partial charge in [0, 0.05) is 24.3 Å². The van der Waals surface area contributed by atoms with Gasteiger partial charge in [0.2, 0.25) is 0 Å². The molecule has 1 aromatic rings. The zero-order valence-electron chi connectivity index (χ0n) is 8.95. The van der Waals surface area contributed by atoms with E-state index in [1.54, 1.807) is 17.0 Å². The van der Waals surface area contributed by atoms with Crippen molar-refractivity contribution >= 4 is 0 Å². The third-order valence-electron chi connectivity index (χ3n) is 2.31. The highest BCUT2D eigenvalue weighted by Gasteiger charge is 2.00. The molecule has 1 aromatic heterocycles. The lowest BCUT2D eigenvalue weighted by atomic mass is 10.2. The molecule has 4 heteroatoms. The van der Waals surface area contributed by atoms with Crippen molar-refractivity contribution < 1.29 is 0 Å². The number of hydrogen-bond donors (Lipinski definition) is 1. The molecule has 1 unspecified atom stereocenters. The predicted molar refractivity (Wildman–Crippen MR) is 56.4 cm³/mol. The molecule has 1 rings (SSSR count). The number of aromatic nitrogens is 2. The summed E-state index contributed by atoms with van der Waals surface area (Å²) in [6, 6.07) is 1.98. The fourth-order valence-electron chi connectivity index (χ4n) is 1.16. The van der Waals surface area contributed by atoms with Gasteiger partial charge in [-0.3, -0.25) is 9.36 Å². The van der Waals surface area contributed by atoms with E-state index >= 15 is 0 Å². The predicted octanol–water partition coefficient (Wildman–Crippen LogP) is 0.550. The second-order valence-corrected chi connectivity index (χ2v) is 3.54. The SMILES string of the molecule is CNC(C)CCn1cnc(C)cc1=O. The van der Waals surface area contributed by atoms with Crippen molar-refractivity contribution in [1.29, 1.82) is 0 Å². The van der Waals surface area contributed by atoms with Crippen LogP contribution in [0.4, 0.5) is 0 Å². The fourth-order valence-corrected chi connectivity index (χ4v) is 1.16. The third-order valence-corrected chi connectivity index (χ3v) is 2.31. The average Bonchev–Trinajstić information content (AvgIpc) is 2.16. The largest absolute Gasteiger partial charge is 0.317 e. The molecule has 0 spiro atoms. The molecule has 1 heterocycles. The molecule has 1 atom stereocenters. The quantitative estimate of drug-likeness (QED) is 0.763. The number of nitrogens with zero attached hydrogens (tertiary/aromatic N) is 2. The molecule has 1 N–H and O–H groups in total. The van der Waals surface area contributed by atoms with Gasteiger partial charge in [-0.2, -0.15) is 0 Å². The molecule has 78 valence electrons. The highest BCUT2D eigenvalue weighted by atomic mass is 16.1. The minimum Gasteiger partial charge on any atom is -0.317 e.